The van der Waals surface area contributed by atoms with Gasteiger partial charge in [-0.2, -0.15) is 0 Å². The van der Waals surface area contributed by atoms with Crippen molar-refractivity contribution in [2.75, 3.05) is 6.54 Å². The maximum Gasteiger partial charge on any atom is 0.231 e. The third-order valence-electron chi connectivity index (χ3n) is 7.03. The van der Waals surface area contributed by atoms with Gasteiger partial charge in [0.05, 0.1) is 18.0 Å². The van der Waals surface area contributed by atoms with Crippen LogP contribution in [0.15, 0.2) is 29.3 Å². The molecule has 3 atom stereocenters. The first-order chi connectivity index (χ1) is 14.3. The van der Waals surface area contributed by atoms with Gasteiger partial charge in [-0.15, -0.1) is 0 Å². The van der Waals surface area contributed by atoms with Gasteiger partial charge in [0, 0.05) is 24.4 Å². The molecule has 4 aliphatic rings. The summed E-state index contributed by atoms with van der Waals surface area (Å²) in [6.07, 6.45) is 5.22. The number of hydrogen-bond acceptors (Lipinski definition) is 5. The zero-order valence-corrected chi connectivity index (χ0v) is 17.7. The smallest absolute Gasteiger partial charge is 0.231 e. The Morgan fingerprint density at radius 1 is 1.33 bits per heavy atom. The zero-order chi connectivity index (χ0) is 21.1. The van der Waals surface area contributed by atoms with Gasteiger partial charge in [0.1, 0.15) is 11.4 Å². The van der Waals surface area contributed by atoms with E-state index in [4.69, 9.17) is 10.5 Å². The van der Waals surface area contributed by atoms with Crippen molar-refractivity contribution in [3.05, 3.63) is 29.8 Å². The Labute approximate surface area is 177 Å². The highest BCUT2D eigenvalue weighted by Gasteiger charge is 2.49. The zero-order valence-electron chi connectivity index (χ0n) is 17.7. The number of carbonyl (C=O) groups is 2. The number of para-hydroxylation sites is 1. The number of rotatable bonds is 4. The molecule has 7 heteroatoms. The minimum Gasteiger partial charge on any atom is -0.487 e. The molecule has 0 aromatic heterocycles. The normalized spacial score (nSPS) is 30.6. The van der Waals surface area contributed by atoms with Crippen molar-refractivity contribution in [2.45, 2.75) is 69.6 Å². The highest BCUT2D eigenvalue weighted by molar-refractivity contribution is 5.99. The van der Waals surface area contributed by atoms with Crippen molar-refractivity contribution in [3.8, 4) is 5.75 Å². The average Bonchev–Trinajstić information content (AvgIpc) is 3.42. The molecule has 2 aliphatic heterocycles. The number of carbonyl (C=O) groups excluding carboxylic acids is 2. The number of nitrogens with zero attached hydrogens (tertiary/aromatic N) is 2. The monoisotopic (exact) mass is 410 g/mol. The molecule has 30 heavy (non-hydrogen) atoms. The third-order valence-corrected chi connectivity index (χ3v) is 7.03. The molecular formula is C23H30N4O3. The lowest BCUT2D eigenvalue weighted by molar-refractivity contribution is -0.130. The van der Waals surface area contributed by atoms with E-state index in [2.05, 4.69) is 10.3 Å². The quantitative estimate of drug-likeness (QED) is 0.797. The lowest BCUT2D eigenvalue weighted by Gasteiger charge is -2.48. The van der Waals surface area contributed by atoms with Crippen LogP contribution in [0.5, 0.6) is 5.75 Å². The molecule has 2 heterocycles. The Morgan fingerprint density at radius 2 is 2.10 bits per heavy atom. The summed E-state index contributed by atoms with van der Waals surface area (Å²) >= 11 is 0. The van der Waals surface area contributed by atoms with Gasteiger partial charge >= 0.3 is 0 Å². The number of ether oxygens (including phenoxy) is 1. The van der Waals surface area contributed by atoms with Crippen molar-refractivity contribution in [3.63, 3.8) is 0 Å². The molecule has 3 N–H and O–H groups in total. The van der Waals surface area contributed by atoms with Crippen LogP contribution in [0.4, 0.5) is 0 Å². The molecule has 0 bridgehead atoms. The molecule has 1 aromatic carbocycles. The van der Waals surface area contributed by atoms with Crippen molar-refractivity contribution < 1.29 is 14.3 Å². The minimum absolute atomic E-state index is 0.0103. The SMILES string of the molecule is CC1(C)CC(=O)N(CC2C[C@H]2C(=O)NC2CC3(CCC3)Oc3ccccc32)C(N)=N1. The third kappa shape index (κ3) is 3.44. The molecule has 0 saturated heterocycles. The van der Waals surface area contributed by atoms with Gasteiger partial charge in [0.25, 0.3) is 0 Å². The molecule has 1 spiro atoms. The molecule has 1 aromatic rings. The maximum absolute atomic E-state index is 13.0. The van der Waals surface area contributed by atoms with E-state index >= 15 is 0 Å². The number of benzene rings is 1. The average molecular weight is 411 g/mol. The van der Waals surface area contributed by atoms with Crippen molar-refractivity contribution in [1.29, 1.82) is 0 Å². The molecular weight excluding hydrogens is 380 g/mol. The van der Waals surface area contributed by atoms with Gasteiger partial charge in [-0.05, 0) is 51.5 Å². The van der Waals surface area contributed by atoms with Crippen LogP contribution in [-0.2, 0) is 9.59 Å². The second-order valence-electron chi connectivity index (χ2n) is 10.0. The summed E-state index contributed by atoms with van der Waals surface area (Å²) in [5.41, 5.74) is 6.53. The first-order valence-electron chi connectivity index (χ1n) is 11.0. The van der Waals surface area contributed by atoms with Crippen molar-refractivity contribution >= 4 is 17.8 Å². The van der Waals surface area contributed by atoms with Crippen LogP contribution < -0.4 is 15.8 Å². The molecule has 160 valence electrons. The standard InChI is InChI=1S/C23H30N4O3/c1-22(2)12-19(28)27(21(24)26-22)13-14-10-16(14)20(29)25-17-11-23(8-5-9-23)30-18-7-4-3-6-15(17)18/h3-4,6-7,14,16-17H,5,8-13H2,1-2H3,(H2,24,26)(H,25,29)/t14?,16-,17?/m1/s1. The van der Waals surface area contributed by atoms with E-state index in [9.17, 15) is 9.59 Å². The molecule has 2 saturated carbocycles. The van der Waals surface area contributed by atoms with Crippen LogP contribution in [-0.4, -0.2) is 40.4 Å². The van der Waals surface area contributed by atoms with E-state index in [1.54, 1.807) is 4.90 Å². The second kappa shape index (κ2) is 6.72. The van der Waals surface area contributed by atoms with Gasteiger partial charge in [0.2, 0.25) is 11.8 Å². The Morgan fingerprint density at radius 3 is 2.80 bits per heavy atom. The predicted molar refractivity (Wildman–Crippen MR) is 113 cm³/mol. The summed E-state index contributed by atoms with van der Waals surface area (Å²) in [5, 5.41) is 3.28. The summed E-state index contributed by atoms with van der Waals surface area (Å²) < 4.78 is 6.28. The fourth-order valence-electron chi connectivity index (χ4n) is 5.11. The Balaban J connectivity index is 1.24. The molecule has 5 rings (SSSR count). The molecule has 2 unspecified atom stereocenters. The fourth-order valence-corrected chi connectivity index (χ4v) is 5.11. The topological polar surface area (TPSA) is 97.0 Å². The number of hydrogen-bond donors (Lipinski definition) is 2. The number of fused-ring (bicyclic) bond motifs is 1. The number of nitrogens with two attached hydrogens (primary N) is 1. The number of guanidine groups is 1. The second-order valence-corrected chi connectivity index (χ2v) is 10.0. The van der Waals surface area contributed by atoms with E-state index in [1.807, 2.05) is 38.1 Å². The van der Waals surface area contributed by atoms with Crippen LogP contribution in [0.2, 0.25) is 0 Å². The molecule has 0 radical (unpaired) electrons. The predicted octanol–water partition coefficient (Wildman–Crippen LogP) is 2.51. The minimum atomic E-state index is -0.452. The summed E-state index contributed by atoms with van der Waals surface area (Å²) in [6, 6.07) is 8.00. The summed E-state index contributed by atoms with van der Waals surface area (Å²) in [5.74, 6) is 1.28. The van der Waals surface area contributed by atoms with E-state index < -0.39 is 5.54 Å². The van der Waals surface area contributed by atoms with Crippen LogP contribution in [0.25, 0.3) is 0 Å². The molecule has 2 aliphatic carbocycles. The van der Waals surface area contributed by atoms with E-state index in [0.717, 1.165) is 37.0 Å². The fraction of sp³-hybridized carbons (Fsp3) is 0.609. The van der Waals surface area contributed by atoms with Crippen LogP contribution in [0.1, 0.15) is 64.0 Å². The summed E-state index contributed by atoms with van der Waals surface area (Å²) in [4.78, 5) is 31.5. The Bertz CT molecular complexity index is 921. The molecule has 2 amide bonds. The van der Waals surface area contributed by atoms with Gasteiger partial charge < -0.3 is 15.8 Å². The lowest BCUT2D eigenvalue weighted by Crippen LogP contribution is -2.51. The maximum atomic E-state index is 13.0. The Kier molecular flexibility index (Phi) is 4.35. The summed E-state index contributed by atoms with van der Waals surface area (Å²) in [6.45, 7) is 4.28. The van der Waals surface area contributed by atoms with E-state index in [-0.39, 0.29) is 41.3 Å². The van der Waals surface area contributed by atoms with Gasteiger partial charge in [0.15, 0.2) is 5.96 Å². The highest BCUT2D eigenvalue weighted by Crippen LogP contribution is 2.49. The van der Waals surface area contributed by atoms with Crippen molar-refractivity contribution in [2.24, 2.45) is 22.6 Å². The van der Waals surface area contributed by atoms with E-state index in [1.165, 1.54) is 6.42 Å². The lowest BCUT2D eigenvalue weighted by atomic mass is 9.73. The first-order valence-corrected chi connectivity index (χ1v) is 11.0. The van der Waals surface area contributed by atoms with Gasteiger partial charge in [-0.1, -0.05) is 18.2 Å². The van der Waals surface area contributed by atoms with Gasteiger partial charge in [-0.3, -0.25) is 14.5 Å². The highest BCUT2D eigenvalue weighted by atomic mass is 16.5. The summed E-state index contributed by atoms with van der Waals surface area (Å²) in [7, 11) is 0. The van der Waals surface area contributed by atoms with E-state index in [0.29, 0.717) is 13.0 Å². The molecule has 7 nitrogen and oxygen atoms in total. The van der Waals surface area contributed by atoms with Crippen LogP contribution in [0, 0.1) is 11.8 Å². The number of amides is 2. The first kappa shape index (κ1) is 19.4. The Hall–Kier alpha value is -2.57. The largest absolute Gasteiger partial charge is 0.487 e. The van der Waals surface area contributed by atoms with Crippen molar-refractivity contribution in [1.82, 2.24) is 10.2 Å². The van der Waals surface area contributed by atoms with Crippen LogP contribution in [0.3, 0.4) is 0 Å². The number of aliphatic imine (C=N–C) groups is 1. The van der Waals surface area contributed by atoms with Gasteiger partial charge in [-0.25, -0.2) is 4.99 Å². The molecule has 2 fully saturated rings. The van der Waals surface area contributed by atoms with Crippen LogP contribution >= 0.6 is 0 Å². The number of nitrogens with one attached hydrogen (secondary N) is 1.